The minimum atomic E-state index is -0.883. The second-order valence-corrected chi connectivity index (χ2v) is 5.78. The molecule has 136 valence electrons. The van der Waals surface area contributed by atoms with Crippen LogP contribution in [0.15, 0.2) is 47.1 Å². The highest BCUT2D eigenvalue weighted by Crippen LogP contribution is 2.33. The van der Waals surface area contributed by atoms with Crippen molar-refractivity contribution in [1.82, 2.24) is 10.6 Å². The summed E-state index contributed by atoms with van der Waals surface area (Å²) in [5.74, 6) is 0.0772. The highest BCUT2D eigenvalue weighted by molar-refractivity contribution is 5.96. The average Bonchev–Trinajstić information content (AvgIpc) is 3.17. The molecule has 0 radical (unpaired) electrons. The molecule has 2 heterocycles. The molecule has 0 saturated heterocycles. The summed E-state index contributed by atoms with van der Waals surface area (Å²) in [5, 5.41) is 5.16. The number of carbonyl (C=O) groups excluding carboxylic acids is 3. The maximum atomic E-state index is 12.3. The van der Waals surface area contributed by atoms with Gasteiger partial charge in [0.25, 0.3) is 5.91 Å². The first kappa shape index (κ1) is 17.5. The highest BCUT2D eigenvalue weighted by Gasteiger charge is 2.32. The summed E-state index contributed by atoms with van der Waals surface area (Å²) in [6, 6.07) is 10.5. The quantitative estimate of drug-likeness (QED) is 0.825. The number of amides is 3. The van der Waals surface area contributed by atoms with E-state index >= 15 is 0 Å². The molecule has 1 aromatic carbocycles. The first-order chi connectivity index (χ1) is 12.5. The summed E-state index contributed by atoms with van der Waals surface area (Å²) in [5.41, 5.74) is 0.625. The molecule has 8 nitrogen and oxygen atoms in total. The summed E-state index contributed by atoms with van der Waals surface area (Å²) >= 11 is 0. The summed E-state index contributed by atoms with van der Waals surface area (Å²) < 4.78 is 10.8. The molecule has 0 aliphatic carbocycles. The number of fused-ring (bicyclic) bond motifs is 1. The number of anilines is 1. The van der Waals surface area contributed by atoms with E-state index in [2.05, 4.69) is 10.6 Å². The Morgan fingerprint density at radius 3 is 2.69 bits per heavy atom. The van der Waals surface area contributed by atoms with Crippen LogP contribution in [0.25, 0.3) is 0 Å². The lowest BCUT2D eigenvalue weighted by Gasteiger charge is -2.33. The minimum Gasteiger partial charge on any atom is -0.477 e. The van der Waals surface area contributed by atoms with Crippen molar-refractivity contribution in [3.63, 3.8) is 0 Å². The molecule has 1 atom stereocenters. The Morgan fingerprint density at radius 1 is 1.15 bits per heavy atom. The number of nitrogens with zero attached hydrogens (tertiary/aromatic N) is 1. The van der Waals surface area contributed by atoms with Crippen LogP contribution in [0, 0.1) is 0 Å². The van der Waals surface area contributed by atoms with E-state index in [1.54, 1.807) is 36.4 Å². The molecule has 0 spiro atoms. The number of carbonyl (C=O) groups is 3. The molecule has 0 saturated carbocycles. The molecule has 3 rings (SSSR count). The van der Waals surface area contributed by atoms with Crippen molar-refractivity contribution in [2.24, 2.45) is 0 Å². The predicted molar refractivity (Wildman–Crippen MR) is 92.4 cm³/mol. The third-order valence-corrected chi connectivity index (χ3v) is 3.91. The molecular formula is C18H19N3O5. The molecule has 1 aromatic heterocycles. The number of hydrogen-bond acceptors (Lipinski definition) is 5. The summed E-state index contributed by atoms with van der Waals surface area (Å²) in [6.07, 6.45) is 0.633. The van der Waals surface area contributed by atoms with Crippen LogP contribution in [0.1, 0.15) is 12.7 Å². The summed E-state index contributed by atoms with van der Waals surface area (Å²) in [6.45, 7) is 1.57. The molecule has 2 aromatic rings. The second-order valence-electron chi connectivity index (χ2n) is 5.78. The normalized spacial score (nSPS) is 15.6. The van der Waals surface area contributed by atoms with Crippen LogP contribution >= 0.6 is 0 Å². The van der Waals surface area contributed by atoms with Gasteiger partial charge in [-0.05, 0) is 24.3 Å². The summed E-state index contributed by atoms with van der Waals surface area (Å²) in [4.78, 5) is 37.5. The molecule has 1 unspecified atom stereocenters. The zero-order valence-electron chi connectivity index (χ0n) is 14.2. The number of nitrogens with one attached hydrogen (secondary N) is 2. The lowest BCUT2D eigenvalue weighted by Crippen LogP contribution is -2.51. The van der Waals surface area contributed by atoms with Crippen LogP contribution in [0.4, 0.5) is 5.69 Å². The fourth-order valence-corrected chi connectivity index (χ4v) is 2.61. The zero-order chi connectivity index (χ0) is 18.5. The van der Waals surface area contributed by atoms with E-state index in [0.717, 1.165) is 0 Å². The molecule has 1 aliphatic rings. The molecule has 0 bridgehead atoms. The molecule has 0 fully saturated rings. The van der Waals surface area contributed by atoms with Gasteiger partial charge in [-0.2, -0.15) is 0 Å². The van der Waals surface area contributed by atoms with Crippen molar-refractivity contribution in [1.29, 1.82) is 0 Å². The number of benzene rings is 1. The van der Waals surface area contributed by atoms with Gasteiger partial charge in [0, 0.05) is 6.92 Å². The van der Waals surface area contributed by atoms with Crippen LogP contribution in [0.2, 0.25) is 0 Å². The van der Waals surface area contributed by atoms with Crippen LogP contribution in [-0.2, 0) is 20.9 Å². The Hall–Kier alpha value is -3.29. The third-order valence-electron chi connectivity index (χ3n) is 3.91. The number of hydrogen-bond donors (Lipinski definition) is 2. The van der Waals surface area contributed by atoms with Crippen molar-refractivity contribution < 1.29 is 23.5 Å². The minimum absolute atomic E-state index is 0.0895. The fourth-order valence-electron chi connectivity index (χ4n) is 2.61. The standard InChI is InChI=1S/C18H19N3O5/c1-12(22)21-11-16(26-15-7-3-2-6-14(15)21)18(24)20-10-17(23)19-9-13-5-4-8-25-13/h2-8,16H,9-11H2,1H3,(H,19,23)(H,20,24). The van der Waals surface area contributed by atoms with Crippen molar-refractivity contribution in [2.75, 3.05) is 18.0 Å². The third kappa shape index (κ3) is 4.02. The van der Waals surface area contributed by atoms with Crippen molar-refractivity contribution >= 4 is 23.4 Å². The fraction of sp³-hybridized carbons (Fsp3) is 0.278. The van der Waals surface area contributed by atoms with Gasteiger partial charge in [0.05, 0.1) is 31.6 Å². The number of rotatable bonds is 5. The zero-order valence-corrected chi connectivity index (χ0v) is 14.2. The Balaban J connectivity index is 1.55. The predicted octanol–water partition coefficient (Wildman–Crippen LogP) is 0.826. The number of para-hydroxylation sites is 2. The van der Waals surface area contributed by atoms with E-state index in [9.17, 15) is 14.4 Å². The Kier molecular flexibility index (Phi) is 5.21. The van der Waals surface area contributed by atoms with Gasteiger partial charge in [0.15, 0.2) is 6.10 Å². The van der Waals surface area contributed by atoms with Crippen LogP contribution in [0.5, 0.6) is 5.75 Å². The molecule has 26 heavy (non-hydrogen) atoms. The lowest BCUT2D eigenvalue weighted by molar-refractivity contribution is -0.131. The molecule has 8 heteroatoms. The van der Waals surface area contributed by atoms with E-state index < -0.39 is 12.0 Å². The van der Waals surface area contributed by atoms with Gasteiger partial charge < -0.3 is 24.7 Å². The first-order valence-electron chi connectivity index (χ1n) is 8.15. The second kappa shape index (κ2) is 7.73. The largest absolute Gasteiger partial charge is 0.477 e. The van der Waals surface area contributed by atoms with Crippen molar-refractivity contribution in [2.45, 2.75) is 19.6 Å². The Bertz CT molecular complexity index is 803. The maximum absolute atomic E-state index is 12.3. The van der Waals surface area contributed by atoms with Crippen LogP contribution < -0.4 is 20.3 Å². The van der Waals surface area contributed by atoms with E-state index in [0.29, 0.717) is 17.2 Å². The van der Waals surface area contributed by atoms with Gasteiger partial charge in [-0.3, -0.25) is 14.4 Å². The number of furan rings is 1. The maximum Gasteiger partial charge on any atom is 0.263 e. The Morgan fingerprint density at radius 2 is 1.96 bits per heavy atom. The molecule has 1 aliphatic heterocycles. The van der Waals surface area contributed by atoms with Crippen LogP contribution in [0.3, 0.4) is 0 Å². The lowest BCUT2D eigenvalue weighted by atomic mass is 10.1. The van der Waals surface area contributed by atoms with E-state index in [-0.39, 0.29) is 31.4 Å². The molecule has 2 N–H and O–H groups in total. The SMILES string of the molecule is CC(=O)N1CC(C(=O)NCC(=O)NCc2ccco2)Oc2ccccc21. The number of ether oxygens (including phenoxy) is 1. The molecular weight excluding hydrogens is 338 g/mol. The van der Waals surface area contributed by atoms with Gasteiger partial charge in [-0.15, -0.1) is 0 Å². The van der Waals surface area contributed by atoms with Gasteiger partial charge >= 0.3 is 0 Å². The monoisotopic (exact) mass is 357 g/mol. The van der Waals surface area contributed by atoms with E-state index in [4.69, 9.17) is 9.15 Å². The van der Waals surface area contributed by atoms with E-state index in [1.165, 1.54) is 18.1 Å². The first-order valence-corrected chi connectivity index (χ1v) is 8.15. The Labute approximate surface area is 150 Å². The van der Waals surface area contributed by atoms with E-state index in [1.807, 2.05) is 0 Å². The molecule has 3 amide bonds. The van der Waals surface area contributed by atoms with Crippen molar-refractivity contribution in [3.05, 3.63) is 48.4 Å². The topological polar surface area (TPSA) is 101 Å². The highest BCUT2D eigenvalue weighted by atomic mass is 16.5. The average molecular weight is 357 g/mol. The van der Waals surface area contributed by atoms with Crippen LogP contribution in [-0.4, -0.2) is 36.9 Å². The summed E-state index contributed by atoms with van der Waals surface area (Å²) in [7, 11) is 0. The van der Waals surface area contributed by atoms with Gasteiger partial charge in [-0.25, -0.2) is 0 Å². The van der Waals surface area contributed by atoms with Gasteiger partial charge in [0.1, 0.15) is 11.5 Å². The van der Waals surface area contributed by atoms with Gasteiger partial charge in [-0.1, -0.05) is 12.1 Å². The van der Waals surface area contributed by atoms with Gasteiger partial charge in [0.2, 0.25) is 11.8 Å². The van der Waals surface area contributed by atoms with Crippen molar-refractivity contribution in [3.8, 4) is 5.75 Å². The smallest absolute Gasteiger partial charge is 0.263 e.